The van der Waals surface area contributed by atoms with Gasteiger partial charge in [0.2, 0.25) is 0 Å². The van der Waals surface area contributed by atoms with Crippen molar-refractivity contribution in [1.29, 1.82) is 0 Å². The number of hydrogen-bond donors (Lipinski definition) is 0. The summed E-state index contributed by atoms with van der Waals surface area (Å²) in [5, 5.41) is 0. The Hall–Kier alpha value is -0.483. The lowest BCUT2D eigenvalue weighted by Crippen LogP contribution is -2.43. The molecule has 0 rings (SSSR count). The first-order chi connectivity index (χ1) is 7.28. The highest BCUT2D eigenvalue weighted by Crippen LogP contribution is 2.40. The molecule has 0 nitrogen and oxygen atoms in total. The van der Waals surface area contributed by atoms with Crippen LogP contribution in [0.5, 0.6) is 0 Å². The van der Waals surface area contributed by atoms with Crippen LogP contribution in [0.1, 0.15) is 48.5 Å². The van der Waals surface area contributed by atoms with Gasteiger partial charge in [0.25, 0.3) is 0 Å². The van der Waals surface area contributed by atoms with Crippen molar-refractivity contribution in [2.75, 3.05) is 0 Å². The van der Waals surface area contributed by atoms with Crippen LogP contribution in [0.3, 0.4) is 0 Å². The molecular formula is C15H28Si. The van der Waals surface area contributed by atoms with Gasteiger partial charge in [0.15, 0.2) is 0 Å². The van der Waals surface area contributed by atoms with Gasteiger partial charge in [-0.25, -0.2) is 0 Å². The minimum Gasteiger partial charge on any atom is -0.130 e. The van der Waals surface area contributed by atoms with E-state index in [2.05, 4.69) is 66.5 Å². The van der Waals surface area contributed by atoms with Gasteiger partial charge in [-0.3, -0.25) is 0 Å². The van der Waals surface area contributed by atoms with Crippen molar-refractivity contribution in [3.63, 3.8) is 0 Å². The Balaban J connectivity index is 5.34. The van der Waals surface area contributed by atoms with Crippen molar-refractivity contribution in [3.8, 4) is 11.5 Å². The van der Waals surface area contributed by atoms with Gasteiger partial charge in [0, 0.05) is 5.92 Å². The van der Waals surface area contributed by atoms with Gasteiger partial charge in [-0.1, -0.05) is 47.6 Å². The second-order valence-electron chi connectivity index (χ2n) is 5.69. The molecule has 0 amide bonds. The topological polar surface area (TPSA) is 0 Å². The Morgan fingerprint density at radius 2 is 1.25 bits per heavy atom. The zero-order valence-corrected chi connectivity index (χ0v) is 13.1. The molecule has 16 heavy (non-hydrogen) atoms. The summed E-state index contributed by atoms with van der Waals surface area (Å²) in [6.45, 7) is 20.0. The van der Waals surface area contributed by atoms with Gasteiger partial charge in [-0.15, -0.1) is 18.0 Å². The molecule has 0 saturated heterocycles. The van der Waals surface area contributed by atoms with Crippen molar-refractivity contribution >= 4 is 8.07 Å². The summed E-state index contributed by atoms with van der Waals surface area (Å²) in [6, 6.07) is 0. The normalized spacial score (nSPS) is 13.9. The fourth-order valence-electron chi connectivity index (χ4n) is 2.73. The molecule has 1 heteroatoms. The van der Waals surface area contributed by atoms with E-state index >= 15 is 0 Å². The van der Waals surface area contributed by atoms with E-state index in [0.29, 0.717) is 5.92 Å². The van der Waals surface area contributed by atoms with Gasteiger partial charge in [-0.05, 0) is 23.5 Å². The van der Waals surface area contributed by atoms with E-state index in [1.165, 1.54) is 0 Å². The van der Waals surface area contributed by atoms with Crippen LogP contribution in [0.15, 0.2) is 12.7 Å². The summed E-state index contributed by atoms with van der Waals surface area (Å²) in [4.78, 5) is 0. The predicted octanol–water partition coefficient (Wildman–Crippen LogP) is 5.03. The SMILES string of the molecule is C=CC(C)C#C[Si](C(C)C)(C(C)C)C(C)C. The molecule has 0 heterocycles. The van der Waals surface area contributed by atoms with Crippen LogP contribution < -0.4 is 0 Å². The van der Waals surface area contributed by atoms with Crippen molar-refractivity contribution in [2.45, 2.75) is 65.1 Å². The molecule has 92 valence electrons. The number of rotatable bonds is 4. The predicted molar refractivity (Wildman–Crippen MR) is 78.2 cm³/mol. The van der Waals surface area contributed by atoms with Crippen LogP contribution in [0, 0.1) is 17.4 Å². The van der Waals surface area contributed by atoms with Crippen LogP contribution >= 0.6 is 0 Å². The molecule has 0 aliphatic carbocycles. The fourth-order valence-corrected chi connectivity index (χ4v) is 8.07. The van der Waals surface area contributed by atoms with E-state index in [1.54, 1.807) is 0 Å². The standard InChI is InChI=1S/C15H28Si/c1-9-15(8)10-11-16(12(2)3,13(4)5)14(6)7/h9,12-15H,1H2,2-8H3. The molecule has 0 aromatic rings. The monoisotopic (exact) mass is 236 g/mol. The van der Waals surface area contributed by atoms with Crippen LogP contribution in [-0.4, -0.2) is 8.07 Å². The molecule has 0 radical (unpaired) electrons. The maximum atomic E-state index is 3.81. The molecular weight excluding hydrogens is 208 g/mol. The third-order valence-corrected chi connectivity index (χ3v) is 10.0. The molecule has 0 aliphatic rings. The van der Waals surface area contributed by atoms with Gasteiger partial charge < -0.3 is 0 Å². The molecule has 0 fully saturated rings. The van der Waals surface area contributed by atoms with Crippen LogP contribution in [-0.2, 0) is 0 Å². The second-order valence-corrected chi connectivity index (χ2v) is 11.3. The molecule has 0 N–H and O–H groups in total. The van der Waals surface area contributed by atoms with Gasteiger partial charge in [-0.2, -0.15) is 0 Å². The molecule has 0 bridgehead atoms. The van der Waals surface area contributed by atoms with E-state index in [4.69, 9.17) is 0 Å². The smallest absolute Gasteiger partial charge is 0.130 e. The Morgan fingerprint density at radius 3 is 1.50 bits per heavy atom. The average Bonchev–Trinajstić information content (AvgIpc) is 2.16. The van der Waals surface area contributed by atoms with E-state index in [0.717, 1.165) is 16.6 Å². The summed E-state index contributed by atoms with van der Waals surface area (Å²) in [7, 11) is -1.52. The zero-order chi connectivity index (χ0) is 12.9. The first kappa shape index (κ1) is 15.5. The molecule has 1 atom stereocenters. The van der Waals surface area contributed by atoms with E-state index in [1.807, 2.05) is 6.08 Å². The summed E-state index contributed by atoms with van der Waals surface area (Å²) < 4.78 is 0. The fraction of sp³-hybridized carbons (Fsp3) is 0.733. The Bertz CT molecular complexity index is 254. The van der Waals surface area contributed by atoms with Gasteiger partial charge in [0.05, 0.1) is 0 Å². The molecule has 0 aliphatic heterocycles. The highest BCUT2D eigenvalue weighted by molar-refractivity contribution is 6.90. The van der Waals surface area contributed by atoms with Crippen LogP contribution in [0.25, 0.3) is 0 Å². The third-order valence-electron chi connectivity index (χ3n) is 3.74. The maximum Gasteiger partial charge on any atom is 0.145 e. The lowest BCUT2D eigenvalue weighted by Gasteiger charge is -2.38. The molecule has 0 saturated carbocycles. The molecule has 1 unspecified atom stereocenters. The summed E-state index contributed by atoms with van der Waals surface area (Å²) >= 11 is 0. The quantitative estimate of drug-likeness (QED) is 0.365. The minimum absolute atomic E-state index is 0.322. The summed E-state index contributed by atoms with van der Waals surface area (Å²) in [6.07, 6.45) is 1.94. The Morgan fingerprint density at radius 1 is 0.875 bits per heavy atom. The summed E-state index contributed by atoms with van der Waals surface area (Å²) in [5.41, 5.74) is 5.86. The van der Waals surface area contributed by atoms with Crippen LogP contribution in [0.4, 0.5) is 0 Å². The highest BCUT2D eigenvalue weighted by Gasteiger charge is 2.41. The van der Waals surface area contributed by atoms with Crippen molar-refractivity contribution < 1.29 is 0 Å². The highest BCUT2D eigenvalue weighted by atomic mass is 28.3. The average molecular weight is 236 g/mol. The van der Waals surface area contributed by atoms with Gasteiger partial charge in [0.1, 0.15) is 8.07 Å². The minimum atomic E-state index is -1.52. The molecule has 0 spiro atoms. The van der Waals surface area contributed by atoms with Gasteiger partial charge >= 0.3 is 0 Å². The van der Waals surface area contributed by atoms with E-state index in [9.17, 15) is 0 Å². The van der Waals surface area contributed by atoms with E-state index in [-0.39, 0.29) is 0 Å². The second kappa shape index (κ2) is 6.30. The van der Waals surface area contributed by atoms with Crippen molar-refractivity contribution in [1.82, 2.24) is 0 Å². The first-order valence-electron chi connectivity index (χ1n) is 6.44. The molecule has 0 aromatic carbocycles. The third kappa shape index (κ3) is 3.25. The number of allylic oxidation sites excluding steroid dienone is 1. The lowest BCUT2D eigenvalue weighted by atomic mass is 10.2. The lowest BCUT2D eigenvalue weighted by molar-refractivity contribution is 0.837. The van der Waals surface area contributed by atoms with Crippen LogP contribution in [0.2, 0.25) is 16.6 Å². The first-order valence-corrected chi connectivity index (χ1v) is 8.67. The summed E-state index contributed by atoms with van der Waals surface area (Å²) in [5.74, 6) is 3.73. The maximum absolute atomic E-state index is 3.81. The zero-order valence-electron chi connectivity index (χ0n) is 12.1. The largest absolute Gasteiger partial charge is 0.145 e. The Labute approximate surface area is 104 Å². The molecule has 0 aromatic heterocycles. The van der Waals surface area contributed by atoms with Crippen molar-refractivity contribution in [2.24, 2.45) is 5.92 Å². The number of hydrogen-bond acceptors (Lipinski definition) is 0. The Kier molecular flexibility index (Phi) is 6.11. The van der Waals surface area contributed by atoms with Crippen molar-refractivity contribution in [3.05, 3.63) is 12.7 Å². The van der Waals surface area contributed by atoms with E-state index < -0.39 is 8.07 Å².